The number of carbonyl (C=O) groups excluding carboxylic acids is 1. The second-order valence-corrected chi connectivity index (χ2v) is 6.79. The van der Waals surface area contributed by atoms with Crippen molar-refractivity contribution >= 4 is 5.91 Å². The first-order valence-corrected chi connectivity index (χ1v) is 9.12. The van der Waals surface area contributed by atoms with Crippen LogP contribution < -0.4 is 0 Å². The van der Waals surface area contributed by atoms with Crippen molar-refractivity contribution in [1.29, 1.82) is 0 Å². The molecule has 0 aromatic carbocycles. The maximum absolute atomic E-state index is 11.7. The minimum atomic E-state index is -0.314. The molecule has 5 heteroatoms. The van der Waals surface area contributed by atoms with Gasteiger partial charge in [-0.2, -0.15) is 0 Å². The van der Waals surface area contributed by atoms with Gasteiger partial charge in [0.05, 0.1) is 18.8 Å². The van der Waals surface area contributed by atoms with E-state index in [0.29, 0.717) is 24.9 Å². The Morgan fingerprint density at radius 2 is 1.57 bits per heavy atom. The van der Waals surface area contributed by atoms with Gasteiger partial charge in [0, 0.05) is 26.2 Å². The van der Waals surface area contributed by atoms with Gasteiger partial charge in [-0.25, -0.2) is 0 Å². The second kappa shape index (κ2) is 11.8. The van der Waals surface area contributed by atoms with E-state index in [2.05, 4.69) is 25.7 Å². The lowest BCUT2D eigenvalue weighted by Gasteiger charge is -2.35. The Kier molecular flexibility index (Phi) is 11.5. The Morgan fingerprint density at radius 3 is 1.91 bits per heavy atom. The van der Waals surface area contributed by atoms with E-state index in [4.69, 9.17) is 5.11 Å². The Hall–Kier alpha value is -0.650. The number of aliphatic hydroxyl groups is 2. The van der Waals surface area contributed by atoms with Crippen molar-refractivity contribution in [2.75, 3.05) is 32.7 Å². The smallest absolute Gasteiger partial charge is 0.236 e. The summed E-state index contributed by atoms with van der Waals surface area (Å²) in [5, 5.41) is 18.7. The number of carbonyl (C=O) groups is 1. The Labute approximate surface area is 142 Å². The zero-order valence-electron chi connectivity index (χ0n) is 16.0. The van der Waals surface area contributed by atoms with E-state index in [1.807, 2.05) is 25.7 Å². The zero-order valence-corrected chi connectivity index (χ0v) is 16.0. The molecule has 1 heterocycles. The van der Waals surface area contributed by atoms with Crippen LogP contribution >= 0.6 is 0 Å². The summed E-state index contributed by atoms with van der Waals surface area (Å²) >= 11 is 0. The van der Waals surface area contributed by atoms with Crippen molar-refractivity contribution in [2.24, 2.45) is 11.8 Å². The minimum Gasteiger partial charge on any atom is -0.393 e. The van der Waals surface area contributed by atoms with Crippen molar-refractivity contribution in [2.45, 2.75) is 66.6 Å². The monoisotopic (exact) mass is 330 g/mol. The lowest BCUT2D eigenvalue weighted by atomic mass is 10.0. The van der Waals surface area contributed by atoms with Gasteiger partial charge < -0.3 is 15.1 Å². The van der Waals surface area contributed by atoms with Crippen molar-refractivity contribution in [3.05, 3.63) is 0 Å². The molecule has 4 unspecified atom stereocenters. The topological polar surface area (TPSA) is 64.0 Å². The summed E-state index contributed by atoms with van der Waals surface area (Å²) in [7, 11) is 0. The Morgan fingerprint density at radius 1 is 1.00 bits per heavy atom. The first-order valence-electron chi connectivity index (χ1n) is 9.12. The molecule has 0 radical (unpaired) electrons. The molecule has 0 spiro atoms. The van der Waals surface area contributed by atoms with Gasteiger partial charge >= 0.3 is 0 Å². The van der Waals surface area contributed by atoms with Crippen molar-refractivity contribution in [3.63, 3.8) is 0 Å². The van der Waals surface area contributed by atoms with Gasteiger partial charge in [0.25, 0.3) is 0 Å². The highest BCUT2D eigenvalue weighted by Crippen LogP contribution is 2.11. The fraction of sp³-hybridized carbons (Fsp3) is 0.944. The summed E-state index contributed by atoms with van der Waals surface area (Å²) in [4.78, 5) is 15.6. The van der Waals surface area contributed by atoms with Crippen LogP contribution in [0.25, 0.3) is 0 Å². The van der Waals surface area contributed by atoms with Crippen LogP contribution in [0.2, 0.25) is 0 Å². The molecule has 1 aliphatic rings. The quantitative estimate of drug-likeness (QED) is 0.749. The molecule has 2 N–H and O–H groups in total. The molecule has 1 rings (SSSR count). The number of aliphatic hydroxyl groups excluding tert-OH is 2. The summed E-state index contributed by atoms with van der Waals surface area (Å²) in [5.41, 5.74) is 0. The number of piperazine rings is 1. The lowest BCUT2D eigenvalue weighted by Crippen LogP contribution is -2.52. The third kappa shape index (κ3) is 8.68. The third-order valence-electron chi connectivity index (χ3n) is 4.99. The normalized spacial score (nSPS) is 21.2. The van der Waals surface area contributed by atoms with Crippen LogP contribution in [0, 0.1) is 11.8 Å². The van der Waals surface area contributed by atoms with Crippen LogP contribution in [0.15, 0.2) is 0 Å². The number of rotatable bonds is 7. The molecule has 5 nitrogen and oxygen atoms in total. The molecule has 1 saturated heterocycles. The molecule has 0 saturated carbocycles. The van der Waals surface area contributed by atoms with Gasteiger partial charge in [0.1, 0.15) is 0 Å². The van der Waals surface area contributed by atoms with Crippen LogP contribution in [-0.4, -0.2) is 70.9 Å². The van der Waals surface area contributed by atoms with Crippen LogP contribution in [0.1, 0.15) is 54.4 Å². The van der Waals surface area contributed by atoms with Gasteiger partial charge in [-0.05, 0) is 25.7 Å². The van der Waals surface area contributed by atoms with E-state index in [1.165, 1.54) is 0 Å². The lowest BCUT2D eigenvalue weighted by molar-refractivity contribution is -0.136. The molecular weight excluding hydrogens is 292 g/mol. The Balaban J connectivity index is 0.000000585. The summed E-state index contributed by atoms with van der Waals surface area (Å²) in [6, 6.07) is 0. The van der Waals surface area contributed by atoms with Crippen LogP contribution in [0.5, 0.6) is 0 Å². The fourth-order valence-corrected chi connectivity index (χ4v) is 2.31. The number of β-amino-alcohol motifs (C(OH)–C–C–N with tert-alkyl or cyclic N) is 1. The van der Waals surface area contributed by atoms with E-state index >= 15 is 0 Å². The fourth-order valence-electron chi connectivity index (χ4n) is 2.31. The van der Waals surface area contributed by atoms with Gasteiger partial charge in [-0.3, -0.25) is 9.69 Å². The minimum absolute atomic E-state index is 0.134. The summed E-state index contributed by atoms with van der Waals surface area (Å²) in [6.45, 7) is 15.6. The molecule has 0 bridgehead atoms. The number of hydrogen-bond acceptors (Lipinski definition) is 4. The molecule has 0 aliphatic carbocycles. The molecule has 0 aromatic heterocycles. The highest BCUT2D eigenvalue weighted by Gasteiger charge is 2.25. The van der Waals surface area contributed by atoms with Crippen LogP contribution in [0.4, 0.5) is 0 Å². The average Bonchev–Trinajstić information content (AvgIpc) is 2.53. The highest BCUT2D eigenvalue weighted by molar-refractivity contribution is 5.78. The number of nitrogens with zero attached hydrogens (tertiary/aromatic N) is 2. The van der Waals surface area contributed by atoms with E-state index in [0.717, 1.165) is 32.5 Å². The molecule has 1 amide bonds. The maximum Gasteiger partial charge on any atom is 0.236 e. The molecule has 1 fully saturated rings. The van der Waals surface area contributed by atoms with E-state index in [1.54, 1.807) is 0 Å². The van der Waals surface area contributed by atoms with Gasteiger partial charge in [0.2, 0.25) is 5.91 Å². The van der Waals surface area contributed by atoms with Crippen molar-refractivity contribution in [3.8, 4) is 0 Å². The third-order valence-corrected chi connectivity index (χ3v) is 4.99. The number of hydrogen-bond donors (Lipinski definition) is 2. The average molecular weight is 331 g/mol. The molecular formula is C18H38N2O3. The van der Waals surface area contributed by atoms with Gasteiger partial charge in [-0.15, -0.1) is 0 Å². The molecule has 23 heavy (non-hydrogen) atoms. The number of amides is 1. The van der Waals surface area contributed by atoms with Crippen molar-refractivity contribution < 1.29 is 15.0 Å². The maximum atomic E-state index is 11.7. The van der Waals surface area contributed by atoms with Crippen LogP contribution in [-0.2, 0) is 4.79 Å². The predicted octanol–water partition coefficient (Wildman–Crippen LogP) is 1.97. The molecule has 138 valence electrons. The van der Waals surface area contributed by atoms with Gasteiger partial charge in [-0.1, -0.05) is 40.5 Å². The first-order chi connectivity index (χ1) is 10.8. The van der Waals surface area contributed by atoms with Crippen LogP contribution in [0.3, 0.4) is 0 Å². The second-order valence-electron chi connectivity index (χ2n) is 6.79. The molecule has 4 atom stereocenters. The standard InChI is InChI=1S/C12H24N2O2.C6H14O/c1-4-10(3)11(15)8-13-6-7-14(5-2)12(16)9-13;1-4-5(2)6(3)7/h10-11,15H,4-9H2,1-3H3;5-7H,4H2,1-3H3. The molecule has 1 aliphatic heterocycles. The SMILES string of the molecule is CCC(C)C(C)O.CCC(C)C(O)CN1CCN(CC)C(=O)C1. The zero-order chi connectivity index (χ0) is 18.0. The largest absolute Gasteiger partial charge is 0.393 e. The van der Waals surface area contributed by atoms with Crippen molar-refractivity contribution in [1.82, 2.24) is 9.80 Å². The summed E-state index contributed by atoms with van der Waals surface area (Å²) in [5.74, 6) is 0.949. The first kappa shape index (κ1) is 22.4. The van der Waals surface area contributed by atoms with E-state index in [-0.39, 0.29) is 18.1 Å². The molecule has 0 aromatic rings. The predicted molar refractivity (Wildman–Crippen MR) is 95.3 cm³/mol. The summed E-state index contributed by atoms with van der Waals surface area (Å²) < 4.78 is 0. The van der Waals surface area contributed by atoms with E-state index < -0.39 is 0 Å². The summed E-state index contributed by atoms with van der Waals surface area (Å²) in [6.07, 6.45) is 1.60. The number of likely N-dealkylation sites (N-methyl/N-ethyl adjacent to an activating group) is 1. The van der Waals surface area contributed by atoms with E-state index in [9.17, 15) is 9.90 Å². The van der Waals surface area contributed by atoms with Gasteiger partial charge in [0.15, 0.2) is 0 Å². The highest BCUT2D eigenvalue weighted by atomic mass is 16.3. The Bertz CT molecular complexity index is 323.